The summed E-state index contributed by atoms with van der Waals surface area (Å²) in [6.07, 6.45) is 1.86. The zero-order valence-corrected chi connectivity index (χ0v) is 11.1. The molecule has 0 aliphatic rings. The zero-order chi connectivity index (χ0) is 13.7. The lowest BCUT2D eigenvalue weighted by Crippen LogP contribution is -2.02. The van der Waals surface area contributed by atoms with Crippen LogP contribution in [0.4, 0.5) is 5.69 Å². The zero-order valence-electron chi connectivity index (χ0n) is 11.1. The van der Waals surface area contributed by atoms with E-state index in [9.17, 15) is 0 Å². The molecule has 2 rings (SSSR count). The minimum atomic E-state index is 0.0607. The van der Waals surface area contributed by atoms with E-state index in [1.54, 1.807) is 0 Å². The van der Waals surface area contributed by atoms with Crippen molar-refractivity contribution in [1.82, 2.24) is 9.78 Å². The molecule has 0 aliphatic carbocycles. The van der Waals surface area contributed by atoms with Crippen LogP contribution in [0.5, 0.6) is 5.75 Å². The van der Waals surface area contributed by atoms with Crippen LogP contribution in [-0.4, -0.2) is 16.4 Å². The summed E-state index contributed by atoms with van der Waals surface area (Å²) >= 11 is 0. The maximum absolute atomic E-state index is 8.48. The Morgan fingerprint density at radius 2 is 2.32 bits per heavy atom. The first-order valence-corrected chi connectivity index (χ1v) is 6.02. The molecule has 1 aromatic carbocycles. The van der Waals surface area contributed by atoms with Gasteiger partial charge in [0.2, 0.25) is 0 Å². The summed E-state index contributed by atoms with van der Waals surface area (Å²) in [5.41, 5.74) is 3.26. The van der Waals surface area contributed by atoms with Crippen LogP contribution in [0.1, 0.15) is 11.3 Å². The molecule has 0 aliphatic heterocycles. The van der Waals surface area contributed by atoms with E-state index in [0.717, 1.165) is 16.9 Å². The monoisotopic (exact) mass is 256 g/mol. The van der Waals surface area contributed by atoms with Gasteiger partial charge >= 0.3 is 0 Å². The van der Waals surface area contributed by atoms with Gasteiger partial charge in [0.15, 0.2) is 6.61 Å². The summed E-state index contributed by atoms with van der Waals surface area (Å²) in [6.45, 7) is 2.81. The minimum Gasteiger partial charge on any atom is -0.479 e. The summed E-state index contributed by atoms with van der Waals surface area (Å²) in [5, 5.41) is 16.0. The SMILES string of the molecule is Cc1c(CNc2cccc(OCC#N)c2)cnn1C. The Morgan fingerprint density at radius 1 is 1.47 bits per heavy atom. The first-order valence-electron chi connectivity index (χ1n) is 6.02. The summed E-state index contributed by atoms with van der Waals surface area (Å²) in [6, 6.07) is 9.52. The number of nitrogens with zero attached hydrogens (tertiary/aromatic N) is 3. The molecule has 2 aromatic rings. The summed E-state index contributed by atoms with van der Waals surface area (Å²) in [7, 11) is 1.93. The van der Waals surface area contributed by atoms with E-state index in [1.165, 1.54) is 0 Å². The van der Waals surface area contributed by atoms with Gasteiger partial charge in [0.25, 0.3) is 0 Å². The van der Waals surface area contributed by atoms with Crippen LogP contribution >= 0.6 is 0 Å². The van der Waals surface area contributed by atoms with Crippen LogP contribution in [0.3, 0.4) is 0 Å². The fourth-order valence-corrected chi connectivity index (χ4v) is 1.73. The Balaban J connectivity index is 2.00. The number of aromatic nitrogens is 2. The fourth-order valence-electron chi connectivity index (χ4n) is 1.73. The largest absolute Gasteiger partial charge is 0.479 e. The smallest absolute Gasteiger partial charge is 0.174 e. The van der Waals surface area contributed by atoms with Gasteiger partial charge in [0.1, 0.15) is 11.8 Å². The highest BCUT2D eigenvalue weighted by molar-refractivity contribution is 5.48. The number of ether oxygens (including phenoxy) is 1. The maximum atomic E-state index is 8.48. The van der Waals surface area contributed by atoms with Crippen LogP contribution in [0.15, 0.2) is 30.5 Å². The van der Waals surface area contributed by atoms with Gasteiger partial charge < -0.3 is 10.1 Å². The van der Waals surface area contributed by atoms with Crippen LogP contribution in [-0.2, 0) is 13.6 Å². The second-order valence-electron chi connectivity index (χ2n) is 4.21. The molecule has 0 fully saturated rings. The molecule has 0 saturated carbocycles. The summed E-state index contributed by atoms with van der Waals surface area (Å²) in [5.74, 6) is 0.689. The molecule has 19 heavy (non-hydrogen) atoms. The number of rotatable bonds is 5. The van der Waals surface area contributed by atoms with Crippen molar-refractivity contribution in [2.24, 2.45) is 7.05 Å². The van der Waals surface area contributed by atoms with Crippen molar-refractivity contribution in [3.63, 3.8) is 0 Å². The summed E-state index contributed by atoms with van der Waals surface area (Å²) in [4.78, 5) is 0. The van der Waals surface area contributed by atoms with Gasteiger partial charge in [-0.25, -0.2) is 0 Å². The van der Waals surface area contributed by atoms with E-state index in [1.807, 2.05) is 55.2 Å². The van der Waals surface area contributed by atoms with Crippen molar-refractivity contribution in [3.8, 4) is 11.8 Å². The number of benzene rings is 1. The van der Waals surface area contributed by atoms with E-state index in [4.69, 9.17) is 10.00 Å². The third-order valence-corrected chi connectivity index (χ3v) is 2.96. The third kappa shape index (κ3) is 3.26. The van der Waals surface area contributed by atoms with E-state index in [0.29, 0.717) is 12.3 Å². The fraction of sp³-hybridized carbons (Fsp3) is 0.286. The van der Waals surface area contributed by atoms with Gasteiger partial charge in [-0.05, 0) is 19.1 Å². The molecule has 0 radical (unpaired) electrons. The van der Waals surface area contributed by atoms with E-state index in [-0.39, 0.29) is 6.61 Å². The lowest BCUT2D eigenvalue weighted by molar-refractivity contribution is 0.368. The van der Waals surface area contributed by atoms with Gasteiger partial charge in [0.05, 0.1) is 6.20 Å². The molecule has 0 bridgehead atoms. The quantitative estimate of drug-likeness (QED) is 0.891. The number of nitrogens with one attached hydrogen (secondary N) is 1. The number of anilines is 1. The third-order valence-electron chi connectivity index (χ3n) is 2.96. The van der Waals surface area contributed by atoms with Gasteiger partial charge in [-0.2, -0.15) is 10.4 Å². The Hall–Kier alpha value is -2.48. The van der Waals surface area contributed by atoms with E-state index < -0.39 is 0 Å². The van der Waals surface area contributed by atoms with Crippen LogP contribution in [0.25, 0.3) is 0 Å². The molecule has 1 N–H and O–H groups in total. The number of hydrogen-bond acceptors (Lipinski definition) is 4. The highest BCUT2D eigenvalue weighted by atomic mass is 16.5. The minimum absolute atomic E-state index is 0.0607. The van der Waals surface area contributed by atoms with Crippen molar-refractivity contribution in [2.45, 2.75) is 13.5 Å². The molecule has 1 aromatic heterocycles. The molecule has 0 atom stereocenters. The topological polar surface area (TPSA) is 62.9 Å². The van der Waals surface area contributed by atoms with Gasteiger partial charge in [-0.3, -0.25) is 4.68 Å². The Kier molecular flexibility index (Phi) is 4.04. The number of aryl methyl sites for hydroxylation is 1. The van der Waals surface area contributed by atoms with Gasteiger partial charge in [0, 0.05) is 36.6 Å². The molecule has 5 nitrogen and oxygen atoms in total. The molecule has 1 heterocycles. The molecule has 0 saturated heterocycles. The number of nitriles is 1. The Morgan fingerprint density at radius 3 is 3.00 bits per heavy atom. The van der Waals surface area contributed by atoms with Crippen LogP contribution < -0.4 is 10.1 Å². The van der Waals surface area contributed by atoms with E-state index in [2.05, 4.69) is 10.4 Å². The molecule has 0 amide bonds. The molecular formula is C14H16N4O. The Labute approximate surface area is 112 Å². The average Bonchev–Trinajstić information content (AvgIpc) is 2.75. The normalized spacial score (nSPS) is 9.95. The average molecular weight is 256 g/mol. The second kappa shape index (κ2) is 5.91. The second-order valence-corrected chi connectivity index (χ2v) is 4.21. The molecular weight excluding hydrogens is 240 g/mol. The molecule has 98 valence electrons. The highest BCUT2D eigenvalue weighted by Crippen LogP contribution is 2.18. The van der Waals surface area contributed by atoms with Crippen molar-refractivity contribution in [2.75, 3.05) is 11.9 Å². The maximum Gasteiger partial charge on any atom is 0.174 e. The molecule has 5 heteroatoms. The summed E-state index contributed by atoms with van der Waals surface area (Å²) < 4.78 is 7.11. The van der Waals surface area contributed by atoms with Gasteiger partial charge in [-0.15, -0.1) is 0 Å². The molecule has 0 unspecified atom stereocenters. The van der Waals surface area contributed by atoms with Crippen molar-refractivity contribution in [3.05, 3.63) is 41.7 Å². The van der Waals surface area contributed by atoms with Crippen molar-refractivity contribution in [1.29, 1.82) is 5.26 Å². The van der Waals surface area contributed by atoms with Crippen LogP contribution in [0.2, 0.25) is 0 Å². The number of hydrogen-bond donors (Lipinski definition) is 1. The van der Waals surface area contributed by atoms with Crippen molar-refractivity contribution < 1.29 is 4.74 Å². The first kappa shape index (κ1) is 13.0. The lowest BCUT2D eigenvalue weighted by atomic mass is 10.2. The standard InChI is InChI=1S/C14H16N4O/c1-11-12(10-17-18(11)2)9-16-13-4-3-5-14(8-13)19-7-6-15/h3-5,8,10,16H,7,9H2,1-2H3. The predicted molar refractivity (Wildman–Crippen MR) is 72.8 cm³/mol. The predicted octanol–water partition coefficient (Wildman–Crippen LogP) is 2.24. The van der Waals surface area contributed by atoms with Gasteiger partial charge in [-0.1, -0.05) is 6.07 Å². The Bertz CT molecular complexity index is 598. The van der Waals surface area contributed by atoms with Crippen molar-refractivity contribution >= 4 is 5.69 Å². The first-order chi connectivity index (χ1) is 9.20. The van der Waals surface area contributed by atoms with E-state index >= 15 is 0 Å². The highest BCUT2D eigenvalue weighted by Gasteiger charge is 2.03. The molecule has 0 spiro atoms. The lowest BCUT2D eigenvalue weighted by Gasteiger charge is -2.08. The van der Waals surface area contributed by atoms with Crippen LogP contribution in [0, 0.1) is 18.3 Å².